The standard InChI is InChI=1S/C30H20N2O4/c1-35-29(33)25-13-23(17-5-3-11-31-15-17)19-7-8-20-24(18-6-4-12-32-16-18)14-26(30(34)36-2)22-10-9-21(25)27(19)28(20)22/h3-16H,1-2H3. The Balaban J connectivity index is 1.86. The van der Waals surface area contributed by atoms with E-state index in [2.05, 4.69) is 22.1 Å². The molecule has 2 aromatic heterocycles. The van der Waals surface area contributed by atoms with Gasteiger partial charge in [-0.05, 0) is 67.7 Å². The Hall–Kier alpha value is -4.84. The zero-order chi connectivity index (χ0) is 24.8. The Labute approximate surface area is 206 Å². The van der Waals surface area contributed by atoms with E-state index in [0.717, 1.165) is 54.6 Å². The average molecular weight is 473 g/mol. The van der Waals surface area contributed by atoms with Crippen LogP contribution in [0.25, 0.3) is 54.6 Å². The molecule has 6 nitrogen and oxygen atoms in total. The number of esters is 2. The van der Waals surface area contributed by atoms with Gasteiger partial charge >= 0.3 is 11.9 Å². The van der Waals surface area contributed by atoms with E-state index in [1.165, 1.54) is 14.2 Å². The summed E-state index contributed by atoms with van der Waals surface area (Å²) in [6.07, 6.45) is 6.97. The maximum absolute atomic E-state index is 12.9. The van der Waals surface area contributed by atoms with Crippen molar-refractivity contribution in [2.24, 2.45) is 0 Å². The van der Waals surface area contributed by atoms with Gasteiger partial charge in [-0.15, -0.1) is 0 Å². The summed E-state index contributed by atoms with van der Waals surface area (Å²) in [5.41, 5.74) is 4.37. The molecule has 6 rings (SSSR count). The Morgan fingerprint density at radius 3 is 1.39 bits per heavy atom. The van der Waals surface area contributed by atoms with E-state index in [-0.39, 0.29) is 0 Å². The molecular formula is C30H20N2O4. The molecule has 0 aliphatic rings. The highest BCUT2D eigenvalue weighted by molar-refractivity contribution is 6.32. The van der Waals surface area contributed by atoms with Crippen LogP contribution in [0.5, 0.6) is 0 Å². The van der Waals surface area contributed by atoms with Crippen LogP contribution in [0.3, 0.4) is 0 Å². The maximum atomic E-state index is 12.9. The number of carbonyl (C=O) groups excluding carboxylic acids is 2. The number of rotatable bonds is 4. The monoisotopic (exact) mass is 472 g/mol. The number of hydrogen-bond donors (Lipinski definition) is 0. The summed E-state index contributed by atoms with van der Waals surface area (Å²) in [4.78, 5) is 34.4. The molecule has 4 aromatic carbocycles. The van der Waals surface area contributed by atoms with Crippen LogP contribution in [0.15, 0.2) is 85.5 Å². The number of carbonyl (C=O) groups is 2. The smallest absolute Gasteiger partial charge is 0.338 e. The second kappa shape index (κ2) is 8.43. The lowest BCUT2D eigenvalue weighted by Crippen LogP contribution is -2.06. The number of hydrogen-bond acceptors (Lipinski definition) is 6. The third-order valence-electron chi connectivity index (χ3n) is 6.65. The maximum Gasteiger partial charge on any atom is 0.338 e. The SMILES string of the molecule is COC(=O)c1cc(-c2cccnc2)c2ccc3c(-c4cccnc4)cc(C(=O)OC)c4ccc1c2c43. The highest BCUT2D eigenvalue weighted by Gasteiger charge is 2.23. The van der Waals surface area contributed by atoms with Crippen LogP contribution in [0.2, 0.25) is 0 Å². The molecule has 174 valence electrons. The first-order chi connectivity index (χ1) is 17.6. The van der Waals surface area contributed by atoms with E-state index in [1.807, 2.05) is 48.5 Å². The Morgan fingerprint density at radius 2 is 1.03 bits per heavy atom. The molecule has 6 heteroatoms. The molecule has 0 amide bonds. The van der Waals surface area contributed by atoms with Crippen molar-refractivity contribution in [3.8, 4) is 22.3 Å². The summed E-state index contributed by atoms with van der Waals surface area (Å²) < 4.78 is 10.3. The van der Waals surface area contributed by atoms with Crippen LogP contribution < -0.4 is 0 Å². The zero-order valence-electron chi connectivity index (χ0n) is 19.6. The fourth-order valence-corrected chi connectivity index (χ4v) is 5.07. The second-order valence-corrected chi connectivity index (χ2v) is 8.48. The predicted molar refractivity (Wildman–Crippen MR) is 139 cm³/mol. The number of aromatic nitrogens is 2. The second-order valence-electron chi connectivity index (χ2n) is 8.48. The van der Waals surface area contributed by atoms with E-state index in [4.69, 9.17) is 9.47 Å². The Kier molecular flexibility index (Phi) is 5.08. The van der Waals surface area contributed by atoms with Crippen molar-refractivity contribution >= 4 is 44.3 Å². The summed E-state index contributed by atoms with van der Waals surface area (Å²) in [7, 11) is 2.75. The molecule has 0 spiro atoms. The van der Waals surface area contributed by atoms with Crippen LogP contribution in [0, 0.1) is 0 Å². The first-order valence-corrected chi connectivity index (χ1v) is 11.4. The van der Waals surface area contributed by atoms with Crippen LogP contribution in [0.1, 0.15) is 20.7 Å². The van der Waals surface area contributed by atoms with Gasteiger partial charge < -0.3 is 9.47 Å². The molecule has 36 heavy (non-hydrogen) atoms. The fourth-order valence-electron chi connectivity index (χ4n) is 5.07. The van der Waals surface area contributed by atoms with E-state index in [9.17, 15) is 9.59 Å². The Morgan fingerprint density at radius 1 is 0.611 bits per heavy atom. The van der Waals surface area contributed by atoms with Crippen molar-refractivity contribution in [1.82, 2.24) is 9.97 Å². The van der Waals surface area contributed by atoms with Gasteiger partial charge in [-0.2, -0.15) is 0 Å². The van der Waals surface area contributed by atoms with Gasteiger partial charge in [-0.1, -0.05) is 36.4 Å². The van der Waals surface area contributed by atoms with Gasteiger partial charge in [-0.3, -0.25) is 9.97 Å². The molecule has 0 bridgehead atoms. The lowest BCUT2D eigenvalue weighted by Gasteiger charge is -2.20. The normalized spacial score (nSPS) is 11.3. The largest absolute Gasteiger partial charge is 0.465 e. The molecule has 6 aromatic rings. The fraction of sp³-hybridized carbons (Fsp3) is 0.0667. The van der Waals surface area contributed by atoms with Gasteiger partial charge in [0.05, 0.1) is 25.3 Å². The van der Waals surface area contributed by atoms with Gasteiger partial charge in [-0.25, -0.2) is 9.59 Å². The molecule has 2 heterocycles. The quantitative estimate of drug-likeness (QED) is 0.222. The van der Waals surface area contributed by atoms with Gasteiger partial charge in [0, 0.05) is 35.9 Å². The molecule has 0 aliphatic carbocycles. The van der Waals surface area contributed by atoms with Crippen molar-refractivity contribution in [1.29, 1.82) is 0 Å². The van der Waals surface area contributed by atoms with E-state index in [0.29, 0.717) is 11.1 Å². The van der Waals surface area contributed by atoms with Crippen molar-refractivity contribution in [3.63, 3.8) is 0 Å². The predicted octanol–water partition coefficient (Wildman–Crippen LogP) is 6.28. The molecule has 0 saturated heterocycles. The van der Waals surface area contributed by atoms with Gasteiger partial charge in [0.15, 0.2) is 0 Å². The molecule has 0 atom stereocenters. The van der Waals surface area contributed by atoms with E-state index >= 15 is 0 Å². The lowest BCUT2D eigenvalue weighted by atomic mass is 9.84. The molecule has 0 unspecified atom stereocenters. The van der Waals surface area contributed by atoms with Crippen LogP contribution in [0.4, 0.5) is 0 Å². The summed E-state index contributed by atoms with van der Waals surface area (Å²) in [5, 5.41) is 5.15. The third kappa shape index (κ3) is 3.19. The molecule has 0 saturated carbocycles. The number of benzene rings is 4. The van der Waals surface area contributed by atoms with Crippen molar-refractivity contribution in [2.75, 3.05) is 14.2 Å². The van der Waals surface area contributed by atoms with Gasteiger partial charge in [0.25, 0.3) is 0 Å². The number of pyridine rings is 2. The molecule has 0 fully saturated rings. The van der Waals surface area contributed by atoms with Crippen LogP contribution in [-0.2, 0) is 9.47 Å². The summed E-state index contributed by atoms with van der Waals surface area (Å²) in [6, 6.07) is 19.2. The summed E-state index contributed by atoms with van der Waals surface area (Å²) in [5.74, 6) is -0.863. The highest BCUT2D eigenvalue weighted by atomic mass is 16.5. The molecular weight excluding hydrogens is 452 g/mol. The minimum Gasteiger partial charge on any atom is -0.465 e. The Bertz CT molecular complexity index is 1650. The third-order valence-corrected chi connectivity index (χ3v) is 6.65. The highest BCUT2D eigenvalue weighted by Crippen LogP contribution is 2.44. The average Bonchev–Trinajstić information content (AvgIpc) is 2.95. The first-order valence-electron chi connectivity index (χ1n) is 11.4. The van der Waals surface area contributed by atoms with Crippen molar-refractivity contribution in [3.05, 3.63) is 96.6 Å². The van der Waals surface area contributed by atoms with Gasteiger partial charge in [0.1, 0.15) is 0 Å². The van der Waals surface area contributed by atoms with Crippen LogP contribution >= 0.6 is 0 Å². The number of ether oxygens (including phenoxy) is 2. The van der Waals surface area contributed by atoms with Crippen molar-refractivity contribution in [2.45, 2.75) is 0 Å². The minimum absolute atomic E-state index is 0.432. The van der Waals surface area contributed by atoms with Crippen molar-refractivity contribution < 1.29 is 19.1 Å². The summed E-state index contributed by atoms with van der Waals surface area (Å²) >= 11 is 0. The van der Waals surface area contributed by atoms with E-state index < -0.39 is 11.9 Å². The zero-order valence-corrected chi connectivity index (χ0v) is 19.6. The first kappa shape index (κ1) is 21.7. The van der Waals surface area contributed by atoms with Gasteiger partial charge in [0.2, 0.25) is 0 Å². The number of nitrogens with zero attached hydrogens (tertiary/aromatic N) is 2. The topological polar surface area (TPSA) is 78.4 Å². The lowest BCUT2D eigenvalue weighted by molar-refractivity contribution is 0.0594. The minimum atomic E-state index is -0.432. The number of methoxy groups -OCH3 is 2. The molecule has 0 N–H and O–H groups in total. The summed E-state index contributed by atoms with van der Waals surface area (Å²) in [6.45, 7) is 0. The van der Waals surface area contributed by atoms with E-state index in [1.54, 1.807) is 24.8 Å². The molecule has 0 aliphatic heterocycles. The molecule has 0 radical (unpaired) electrons. The van der Waals surface area contributed by atoms with Crippen LogP contribution in [-0.4, -0.2) is 36.1 Å².